The number of aromatic amines is 1. The molecule has 4 nitrogen and oxygen atoms in total. The maximum atomic E-state index is 12.6. The zero-order valence-corrected chi connectivity index (χ0v) is 12.1. The zero-order valence-electron chi connectivity index (χ0n) is 10.6. The number of benzene rings is 1. The fourth-order valence-electron chi connectivity index (χ4n) is 2.31. The highest BCUT2D eigenvalue weighted by Crippen LogP contribution is 2.30. The first kappa shape index (κ1) is 13.3. The Labute approximate surface area is 126 Å². The molecule has 2 aromatic rings. The lowest BCUT2D eigenvalue weighted by Gasteiger charge is -2.21. The summed E-state index contributed by atoms with van der Waals surface area (Å²) in [6, 6.07) is 9.32. The van der Waals surface area contributed by atoms with Gasteiger partial charge in [0.25, 0.3) is 5.91 Å². The first-order chi connectivity index (χ1) is 9.66. The molecule has 0 unspecified atom stereocenters. The lowest BCUT2D eigenvalue weighted by atomic mass is 10.2. The van der Waals surface area contributed by atoms with Gasteiger partial charge >= 0.3 is 0 Å². The maximum absolute atomic E-state index is 12.6. The van der Waals surface area contributed by atoms with Gasteiger partial charge in [-0.3, -0.25) is 4.79 Å². The van der Waals surface area contributed by atoms with Gasteiger partial charge in [0, 0.05) is 13.1 Å². The SMILES string of the molecule is O=C(c1cc(Cl)c(Cl)[nH]1)N1CCCNc2ccccc21. The van der Waals surface area contributed by atoms with Gasteiger partial charge in [0.15, 0.2) is 0 Å². The van der Waals surface area contributed by atoms with Crippen LogP contribution in [-0.4, -0.2) is 24.0 Å². The minimum Gasteiger partial charge on any atom is -0.383 e. The van der Waals surface area contributed by atoms with Gasteiger partial charge in [0.05, 0.1) is 16.4 Å². The van der Waals surface area contributed by atoms with Gasteiger partial charge in [-0.1, -0.05) is 35.3 Å². The molecule has 0 spiro atoms. The average molecular weight is 310 g/mol. The molecule has 0 saturated carbocycles. The van der Waals surface area contributed by atoms with E-state index < -0.39 is 0 Å². The Morgan fingerprint density at radius 2 is 2.05 bits per heavy atom. The molecular formula is C14H13Cl2N3O. The van der Waals surface area contributed by atoms with Crippen LogP contribution in [0.25, 0.3) is 0 Å². The highest BCUT2D eigenvalue weighted by atomic mass is 35.5. The van der Waals surface area contributed by atoms with Crippen molar-refractivity contribution in [2.45, 2.75) is 6.42 Å². The molecule has 104 valence electrons. The topological polar surface area (TPSA) is 48.1 Å². The van der Waals surface area contributed by atoms with Gasteiger partial charge in [-0.15, -0.1) is 0 Å². The fraction of sp³-hybridized carbons (Fsp3) is 0.214. The summed E-state index contributed by atoms with van der Waals surface area (Å²) in [6.45, 7) is 1.49. The number of amides is 1. The largest absolute Gasteiger partial charge is 0.383 e. The number of carbonyl (C=O) groups is 1. The second-order valence-corrected chi connectivity index (χ2v) is 5.38. The number of nitrogens with zero attached hydrogens (tertiary/aromatic N) is 1. The smallest absolute Gasteiger partial charge is 0.274 e. The van der Waals surface area contributed by atoms with Crippen molar-refractivity contribution in [2.75, 3.05) is 23.3 Å². The lowest BCUT2D eigenvalue weighted by Crippen LogP contribution is -2.31. The maximum Gasteiger partial charge on any atom is 0.274 e. The number of halogens is 2. The number of nitrogens with one attached hydrogen (secondary N) is 2. The van der Waals surface area contributed by atoms with Gasteiger partial charge in [-0.05, 0) is 24.6 Å². The molecule has 1 aliphatic rings. The number of para-hydroxylation sites is 2. The van der Waals surface area contributed by atoms with Crippen LogP contribution in [0.2, 0.25) is 10.2 Å². The van der Waals surface area contributed by atoms with E-state index in [4.69, 9.17) is 23.2 Å². The van der Waals surface area contributed by atoms with Crippen LogP contribution in [0.1, 0.15) is 16.9 Å². The molecule has 0 bridgehead atoms. The summed E-state index contributed by atoms with van der Waals surface area (Å²) in [5.74, 6) is -0.130. The Balaban J connectivity index is 1.99. The van der Waals surface area contributed by atoms with E-state index >= 15 is 0 Å². The first-order valence-electron chi connectivity index (χ1n) is 6.35. The first-order valence-corrected chi connectivity index (χ1v) is 7.11. The van der Waals surface area contributed by atoms with E-state index in [0.29, 0.717) is 17.3 Å². The molecule has 0 fully saturated rings. The van der Waals surface area contributed by atoms with Crippen LogP contribution >= 0.6 is 23.2 Å². The van der Waals surface area contributed by atoms with Crippen molar-refractivity contribution in [2.24, 2.45) is 0 Å². The van der Waals surface area contributed by atoms with Gasteiger partial charge in [-0.25, -0.2) is 0 Å². The molecule has 0 radical (unpaired) electrons. The van der Waals surface area contributed by atoms with Crippen molar-refractivity contribution in [3.63, 3.8) is 0 Å². The van der Waals surface area contributed by atoms with Crippen LogP contribution in [0.5, 0.6) is 0 Å². The highest BCUT2D eigenvalue weighted by Gasteiger charge is 2.23. The van der Waals surface area contributed by atoms with Gasteiger partial charge < -0.3 is 15.2 Å². The van der Waals surface area contributed by atoms with E-state index in [1.807, 2.05) is 24.3 Å². The van der Waals surface area contributed by atoms with Gasteiger partial charge in [-0.2, -0.15) is 0 Å². The number of anilines is 2. The summed E-state index contributed by atoms with van der Waals surface area (Å²) in [4.78, 5) is 17.2. The third kappa shape index (κ3) is 2.37. The fourth-order valence-corrected chi connectivity index (χ4v) is 2.63. The van der Waals surface area contributed by atoms with Crippen molar-refractivity contribution in [3.05, 3.63) is 46.2 Å². The summed E-state index contributed by atoms with van der Waals surface area (Å²) in [5.41, 5.74) is 2.23. The van der Waals surface area contributed by atoms with Crippen LogP contribution in [-0.2, 0) is 0 Å². The number of rotatable bonds is 1. The summed E-state index contributed by atoms with van der Waals surface area (Å²) in [5, 5.41) is 3.97. The predicted molar refractivity (Wildman–Crippen MR) is 82.0 cm³/mol. The van der Waals surface area contributed by atoms with Crippen LogP contribution in [0.3, 0.4) is 0 Å². The van der Waals surface area contributed by atoms with E-state index in [0.717, 1.165) is 24.3 Å². The second-order valence-electron chi connectivity index (χ2n) is 4.60. The monoisotopic (exact) mass is 309 g/mol. The van der Waals surface area contributed by atoms with Gasteiger partial charge in [0.1, 0.15) is 10.8 Å². The summed E-state index contributed by atoms with van der Waals surface area (Å²) >= 11 is 11.8. The number of fused-ring (bicyclic) bond motifs is 1. The molecule has 0 aliphatic carbocycles. The van der Waals surface area contributed by atoms with Crippen molar-refractivity contribution >= 4 is 40.5 Å². The predicted octanol–water partition coefficient (Wildman–Crippen LogP) is 3.78. The van der Waals surface area contributed by atoms with Gasteiger partial charge in [0.2, 0.25) is 0 Å². The van der Waals surface area contributed by atoms with Crippen LogP contribution in [0.15, 0.2) is 30.3 Å². The third-order valence-electron chi connectivity index (χ3n) is 3.27. The normalized spacial score (nSPS) is 14.4. The molecule has 1 aromatic heterocycles. The van der Waals surface area contributed by atoms with Crippen LogP contribution in [0.4, 0.5) is 11.4 Å². The molecular weight excluding hydrogens is 297 g/mol. The van der Waals surface area contributed by atoms with E-state index in [-0.39, 0.29) is 11.1 Å². The number of carbonyl (C=O) groups excluding carboxylic acids is 1. The number of aromatic nitrogens is 1. The van der Waals surface area contributed by atoms with E-state index in [2.05, 4.69) is 10.3 Å². The molecule has 1 amide bonds. The summed E-state index contributed by atoms with van der Waals surface area (Å²) in [6.07, 6.45) is 0.878. The number of hydrogen-bond acceptors (Lipinski definition) is 2. The van der Waals surface area contributed by atoms with Crippen molar-refractivity contribution in [1.29, 1.82) is 0 Å². The number of hydrogen-bond donors (Lipinski definition) is 2. The van der Waals surface area contributed by atoms with E-state index in [1.165, 1.54) is 0 Å². The molecule has 3 rings (SSSR count). The molecule has 0 saturated heterocycles. The van der Waals surface area contributed by atoms with E-state index in [9.17, 15) is 4.79 Å². The van der Waals surface area contributed by atoms with Crippen LogP contribution in [0, 0.1) is 0 Å². The Morgan fingerprint density at radius 1 is 1.25 bits per heavy atom. The van der Waals surface area contributed by atoms with Crippen molar-refractivity contribution in [1.82, 2.24) is 4.98 Å². The Hall–Kier alpha value is -1.65. The molecule has 6 heteroatoms. The molecule has 2 N–H and O–H groups in total. The molecule has 1 aromatic carbocycles. The summed E-state index contributed by atoms with van der Waals surface area (Å²) in [7, 11) is 0. The van der Waals surface area contributed by atoms with E-state index in [1.54, 1.807) is 11.0 Å². The molecule has 20 heavy (non-hydrogen) atoms. The molecule has 1 aliphatic heterocycles. The second kappa shape index (κ2) is 5.38. The Bertz CT molecular complexity index is 634. The molecule has 2 heterocycles. The minimum absolute atomic E-state index is 0.130. The van der Waals surface area contributed by atoms with Crippen molar-refractivity contribution < 1.29 is 4.79 Å². The molecule has 0 atom stereocenters. The summed E-state index contributed by atoms with van der Waals surface area (Å²) < 4.78 is 0. The number of H-pyrrole nitrogens is 1. The van der Waals surface area contributed by atoms with Crippen LogP contribution < -0.4 is 10.2 Å². The Kier molecular flexibility index (Phi) is 3.59. The Morgan fingerprint density at radius 3 is 2.80 bits per heavy atom. The zero-order chi connectivity index (χ0) is 14.1. The quantitative estimate of drug-likeness (QED) is 0.842. The minimum atomic E-state index is -0.130. The highest BCUT2D eigenvalue weighted by molar-refractivity contribution is 6.41. The van der Waals surface area contributed by atoms with Crippen molar-refractivity contribution in [3.8, 4) is 0 Å². The average Bonchev–Trinajstić information content (AvgIpc) is 2.68. The standard InChI is InChI=1S/C14H13Cl2N3O/c15-9-8-11(18-13(9)16)14(20)19-7-3-6-17-10-4-1-2-5-12(10)19/h1-2,4-5,8,17-18H,3,6-7H2. The lowest BCUT2D eigenvalue weighted by molar-refractivity contribution is 0.0983. The third-order valence-corrected chi connectivity index (χ3v) is 3.96.